The third-order valence-electron chi connectivity index (χ3n) is 8.11. The lowest BCUT2D eigenvalue weighted by molar-refractivity contribution is -0.161. The molecule has 3 atom stereocenters. The molecular weight excluding hydrogens is 625 g/mol. The fourth-order valence-corrected chi connectivity index (χ4v) is 5.90. The van der Waals surface area contributed by atoms with E-state index in [1.54, 1.807) is 0 Å². The maximum Gasteiger partial charge on any atom is 0.472 e. The van der Waals surface area contributed by atoms with Gasteiger partial charge in [0.1, 0.15) is 12.6 Å². The first-order valence-corrected chi connectivity index (χ1v) is 20.1. The highest BCUT2D eigenvalue weighted by Gasteiger charge is 2.28. The zero-order valence-corrected chi connectivity index (χ0v) is 30.5. The summed E-state index contributed by atoms with van der Waals surface area (Å²) in [6.07, 6.45) is 26.8. The monoisotopic (exact) mass is 693 g/mol. The number of rotatable bonds is 35. The van der Waals surface area contributed by atoms with Crippen LogP contribution in [0.2, 0.25) is 0 Å². The minimum Gasteiger partial charge on any atom is -0.480 e. The number of carboxylic acid groups (broad SMARTS) is 1. The second-order valence-corrected chi connectivity index (χ2v) is 14.2. The van der Waals surface area contributed by atoms with E-state index in [9.17, 15) is 23.8 Å². The van der Waals surface area contributed by atoms with Crippen molar-refractivity contribution in [1.29, 1.82) is 0 Å². The van der Waals surface area contributed by atoms with Crippen molar-refractivity contribution < 1.29 is 47.5 Å². The predicted molar refractivity (Wildman–Crippen MR) is 185 cm³/mol. The second kappa shape index (κ2) is 31.7. The van der Waals surface area contributed by atoms with Gasteiger partial charge < -0.3 is 25.2 Å². The van der Waals surface area contributed by atoms with Crippen LogP contribution in [0.4, 0.5) is 0 Å². The molecule has 0 fully saturated rings. The number of phosphoric acid groups is 1. The predicted octanol–water partition coefficient (Wildman–Crippen LogP) is 8.78. The number of ether oxygens (including phenoxy) is 2. The summed E-state index contributed by atoms with van der Waals surface area (Å²) >= 11 is 0. The SMILES string of the molecule is CCCCCCCCCCCCCCCCCCCCCC(=O)OC(COC(=O)CCCCCC)COP(=O)(O)OCC(N)C(=O)O. The summed E-state index contributed by atoms with van der Waals surface area (Å²) in [4.78, 5) is 45.3. The Labute approximate surface area is 285 Å². The van der Waals surface area contributed by atoms with Gasteiger partial charge in [0.25, 0.3) is 0 Å². The van der Waals surface area contributed by atoms with Crippen LogP contribution in [0, 0.1) is 0 Å². The highest BCUT2D eigenvalue weighted by atomic mass is 31.2. The quantitative estimate of drug-likeness (QED) is 0.0329. The Morgan fingerprint density at radius 1 is 0.574 bits per heavy atom. The van der Waals surface area contributed by atoms with Gasteiger partial charge >= 0.3 is 25.7 Å². The topological polar surface area (TPSA) is 172 Å². The minimum absolute atomic E-state index is 0.168. The lowest BCUT2D eigenvalue weighted by Gasteiger charge is -2.20. The number of unbranched alkanes of at least 4 members (excludes halogenated alkanes) is 21. The number of hydrogen-bond acceptors (Lipinski definition) is 9. The zero-order valence-electron chi connectivity index (χ0n) is 29.6. The highest BCUT2D eigenvalue weighted by Crippen LogP contribution is 2.43. The van der Waals surface area contributed by atoms with Crippen LogP contribution in [0.15, 0.2) is 0 Å². The third kappa shape index (κ3) is 31.5. The van der Waals surface area contributed by atoms with Crippen molar-refractivity contribution in [2.24, 2.45) is 5.73 Å². The Balaban J connectivity index is 4.15. The fourth-order valence-electron chi connectivity index (χ4n) is 5.12. The smallest absolute Gasteiger partial charge is 0.472 e. The molecule has 0 aromatic rings. The molecule has 278 valence electrons. The molecule has 0 bridgehead atoms. The van der Waals surface area contributed by atoms with Crippen LogP contribution in [0.5, 0.6) is 0 Å². The molecule has 0 aliphatic heterocycles. The van der Waals surface area contributed by atoms with Crippen molar-refractivity contribution in [1.82, 2.24) is 0 Å². The van der Waals surface area contributed by atoms with Crippen LogP contribution in [0.3, 0.4) is 0 Å². The number of carbonyl (C=O) groups is 3. The number of hydrogen-bond donors (Lipinski definition) is 3. The van der Waals surface area contributed by atoms with Gasteiger partial charge in [0.15, 0.2) is 6.10 Å². The van der Waals surface area contributed by atoms with E-state index in [4.69, 9.17) is 24.8 Å². The number of phosphoric ester groups is 1. The summed E-state index contributed by atoms with van der Waals surface area (Å²) in [5.41, 5.74) is 5.29. The number of aliphatic carboxylic acids is 1. The van der Waals surface area contributed by atoms with Gasteiger partial charge in [-0.3, -0.25) is 23.4 Å². The number of esters is 2. The van der Waals surface area contributed by atoms with E-state index < -0.39 is 51.1 Å². The Morgan fingerprint density at radius 3 is 1.36 bits per heavy atom. The van der Waals surface area contributed by atoms with Crippen molar-refractivity contribution in [3.8, 4) is 0 Å². The molecule has 0 aromatic carbocycles. The third-order valence-corrected chi connectivity index (χ3v) is 9.06. The van der Waals surface area contributed by atoms with Crippen LogP contribution in [0.25, 0.3) is 0 Å². The molecule has 47 heavy (non-hydrogen) atoms. The van der Waals surface area contributed by atoms with Crippen molar-refractivity contribution in [3.05, 3.63) is 0 Å². The van der Waals surface area contributed by atoms with Crippen molar-refractivity contribution >= 4 is 25.7 Å². The maximum absolute atomic E-state index is 12.5. The van der Waals surface area contributed by atoms with Crippen molar-refractivity contribution in [3.63, 3.8) is 0 Å². The molecule has 0 aliphatic carbocycles. The Hall–Kier alpha value is -1.52. The van der Waals surface area contributed by atoms with Gasteiger partial charge in [0.05, 0.1) is 13.2 Å². The lowest BCUT2D eigenvalue weighted by Crippen LogP contribution is -2.34. The molecule has 0 radical (unpaired) electrons. The van der Waals surface area contributed by atoms with Gasteiger partial charge in [-0.05, 0) is 12.8 Å². The largest absolute Gasteiger partial charge is 0.480 e. The number of carboxylic acids is 1. The minimum atomic E-state index is -4.69. The molecule has 0 aliphatic rings. The summed E-state index contributed by atoms with van der Waals surface area (Å²) in [6, 6.07) is -1.51. The molecule has 0 rings (SSSR count). The summed E-state index contributed by atoms with van der Waals surface area (Å²) < 4.78 is 32.3. The van der Waals surface area contributed by atoms with E-state index in [2.05, 4.69) is 18.4 Å². The van der Waals surface area contributed by atoms with Crippen molar-refractivity contribution in [2.75, 3.05) is 19.8 Å². The standard InChI is InChI=1S/C35H68NO10P/c1-3-5-7-9-10-11-12-13-14-15-16-17-18-19-20-21-22-23-25-27-34(38)46-31(28-43-33(37)26-24-8-6-4-2)29-44-47(41,42)45-30-32(36)35(39)40/h31-32H,3-30,36H2,1-2H3,(H,39,40)(H,41,42). The summed E-state index contributed by atoms with van der Waals surface area (Å²) in [6.45, 7) is 2.66. The molecule has 4 N–H and O–H groups in total. The number of nitrogens with two attached hydrogens (primary N) is 1. The second-order valence-electron chi connectivity index (χ2n) is 12.7. The van der Waals surface area contributed by atoms with Crippen LogP contribution in [-0.2, 0) is 37.5 Å². The van der Waals surface area contributed by atoms with E-state index in [1.807, 2.05) is 0 Å². The lowest BCUT2D eigenvalue weighted by atomic mass is 10.0. The molecule has 0 heterocycles. The molecule has 0 aromatic heterocycles. The van der Waals surface area contributed by atoms with Gasteiger partial charge in [-0.25, -0.2) is 4.57 Å². The summed E-state index contributed by atoms with van der Waals surface area (Å²) in [7, 11) is -4.69. The molecule has 3 unspecified atom stereocenters. The highest BCUT2D eigenvalue weighted by molar-refractivity contribution is 7.47. The fraction of sp³-hybridized carbons (Fsp3) is 0.914. The Morgan fingerprint density at radius 2 is 0.936 bits per heavy atom. The average molecular weight is 694 g/mol. The summed E-state index contributed by atoms with van der Waals surface area (Å²) in [5, 5.41) is 8.81. The molecule has 0 spiro atoms. The van der Waals surface area contributed by atoms with Gasteiger partial charge in [0, 0.05) is 12.8 Å². The molecule has 11 nitrogen and oxygen atoms in total. The maximum atomic E-state index is 12.5. The molecule has 0 amide bonds. The van der Waals surface area contributed by atoms with Crippen LogP contribution in [-0.4, -0.2) is 59.9 Å². The average Bonchev–Trinajstić information content (AvgIpc) is 3.04. The first-order chi connectivity index (χ1) is 22.6. The van der Waals surface area contributed by atoms with E-state index in [0.717, 1.165) is 38.5 Å². The van der Waals surface area contributed by atoms with Gasteiger partial charge in [-0.15, -0.1) is 0 Å². The molecule has 0 saturated carbocycles. The first-order valence-electron chi connectivity index (χ1n) is 18.6. The van der Waals surface area contributed by atoms with E-state index in [-0.39, 0.29) is 19.4 Å². The molecular formula is C35H68NO10P. The first kappa shape index (κ1) is 45.5. The van der Waals surface area contributed by atoms with Gasteiger partial charge in [0.2, 0.25) is 0 Å². The number of carbonyl (C=O) groups excluding carboxylic acids is 2. The van der Waals surface area contributed by atoms with Crippen LogP contribution in [0.1, 0.15) is 174 Å². The molecule has 0 saturated heterocycles. The summed E-state index contributed by atoms with van der Waals surface area (Å²) in [5.74, 6) is -2.39. The normalized spacial score (nSPS) is 14.0. The van der Waals surface area contributed by atoms with Gasteiger partial charge in [-0.2, -0.15) is 0 Å². The van der Waals surface area contributed by atoms with Crippen LogP contribution < -0.4 is 5.73 Å². The zero-order chi connectivity index (χ0) is 35.0. The van der Waals surface area contributed by atoms with E-state index in [0.29, 0.717) is 12.8 Å². The molecule has 12 heteroatoms. The van der Waals surface area contributed by atoms with E-state index in [1.165, 1.54) is 96.3 Å². The Kier molecular flexibility index (Phi) is 30.7. The van der Waals surface area contributed by atoms with E-state index >= 15 is 0 Å². The van der Waals surface area contributed by atoms with Gasteiger partial charge in [-0.1, -0.05) is 149 Å². The van der Waals surface area contributed by atoms with Crippen LogP contribution >= 0.6 is 7.82 Å². The van der Waals surface area contributed by atoms with Crippen molar-refractivity contribution in [2.45, 2.75) is 187 Å². The Bertz CT molecular complexity index is 828.